The summed E-state index contributed by atoms with van der Waals surface area (Å²) in [4.78, 5) is 11.3. The fourth-order valence-electron chi connectivity index (χ4n) is 0.918. The Balaban J connectivity index is 3.39. The van der Waals surface area contributed by atoms with Crippen LogP contribution >= 0.6 is 0 Å². The maximum Gasteiger partial charge on any atom is 0.323 e. The second-order valence-electron chi connectivity index (χ2n) is 3.90. The summed E-state index contributed by atoms with van der Waals surface area (Å²) >= 11 is 0. The van der Waals surface area contributed by atoms with Gasteiger partial charge in [0.15, 0.2) is 0 Å². The van der Waals surface area contributed by atoms with E-state index in [2.05, 4.69) is 6.92 Å². The third-order valence-corrected chi connectivity index (χ3v) is 2.10. The van der Waals surface area contributed by atoms with Crippen molar-refractivity contribution in [3.05, 3.63) is 0 Å². The zero-order valence-corrected chi connectivity index (χ0v) is 9.99. The average molecular weight is 217 g/mol. The van der Waals surface area contributed by atoms with E-state index in [0.717, 1.165) is 19.4 Å². The summed E-state index contributed by atoms with van der Waals surface area (Å²) in [6, 6.07) is -0.527. The van der Waals surface area contributed by atoms with Crippen LogP contribution in [0.1, 0.15) is 33.6 Å². The van der Waals surface area contributed by atoms with Crippen molar-refractivity contribution in [2.24, 2.45) is 11.7 Å². The third-order valence-electron chi connectivity index (χ3n) is 2.10. The molecule has 0 aliphatic carbocycles. The average Bonchev–Trinajstić information content (AvgIpc) is 2.21. The lowest BCUT2D eigenvalue weighted by Gasteiger charge is -2.14. The van der Waals surface area contributed by atoms with Gasteiger partial charge in [-0.15, -0.1) is 0 Å². The van der Waals surface area contributed by atoms with E-state index in [1.165, 1.54) is 0 Å². The van der Waals surface area contributed by atoms with Crippen LogP contribution in [0, 0.1) is 5.92 Å². The smallest absolute Gasteiger partial charge is 0.323 e. The summed E-state index contributed by atoms with van der Waals surface area (Å²) in [5.74, 6) is -0.234. The Kier molecular flexibility index (Phi) is 8.33. The summed E-state index contributed by atoms with van der Waals surface area (Å²) in [7, 11) is 0. The van der Waals surface area contributed by atoms with E-state index in [-0.39, 0.29) is 11.9 Å². The first-order valence-electron chi connectivity index (χ1n) is 5.59. The van der Waals surface area contributed by atoms with Gasteiger partial charge in [0.1, 0.15) is 12.6 Å². The molecule has 0 bridgehead atoms. The number of hydrogen-bond donors (Lipinski definition) is 1. The van der Waals surface area contributed by atoms with E-state index in [1.54, 1.807) is 0 Å². The lowest BCUT2D eigenvalue weighted by Crippen LogP contribution is -2.37. The number of carbonyl (C=O) groups excluding carboxylic acids is 1. The van der Waals surface area contributed by atoms with E-state index < -0.39 is 6.04 Å². The first kappa shape index (κ1) is 14.4. The first-order valence-corrected chi connectivity index (χ1v) is 5.59. The zero-order chi connectivity index (χ0) is 11.7. The van der Waals surface area contributed by atoms with Crippen molar-refractivity contribution in [2.45, 2.75) is 39.7 Å². The molecule has 0 rings (SSSR count). The van der Waals surface area contributed by atoms with E-state index >= 15 is 0 Å². The van der Waals surface area contributed by atoms with Crippen LogP contribution in [0.15, 0.2) is 0 Å². The van der Waals surface area contributed by atoms with Crippen LogP contribution in [0.25, 0.3) is 0 Å². The molecule has 1 atom stereocenters. The summed E-state index contributed by atoms with van der Waals surface area (Å²) < 4.78 is 10.2. The van der Waals surface area contributed by atoms with Gasteiger partial charge in [-0.2, -0.15) is 0 Å². The maximum absolute atomic E-state index is 11.3. The molecule has 4 heteroatoms. The van der Waals surface area contributed by atoms with Crippen LogP contribution in [0.2, 0.25) is 0 Å². The van der Waals surface area contributed by atoms with Crippen molar-refractivity contribution in [2.75, 3.05) is 19.8 Å². The third kappa shape index (κ3) is 7.33. The molecule has 0 aliphatic heterocycles. The number of rotatable bonds is 8. The van der Waals surface area contributed by atoms with Crippen molar-refractivity contribution >= 4 is 5.97 Å². The number of ether oxygens (including phenoxy) is 2. The van der Waals surface area contributed by atoms with Crippen molar-refractivity contribution in [1.29, 1.82) is 0 Å². The van der Waals surface area contributed by atoms with Crippen LogP contribution in [-0.4, -0.2) is 31.8 Å². The Hall–Kier alpha value is -0.610. The van der Waals surface area contributed by atoms with Gasteiger partial charge in [-0.1, -0.05) is 27.2 Å². The molecule has 0 saturated heterocycles. The van der Waals surface area contributed by atoms with Gasteiger partial charge >= 0.3 is 5.97 Å². The van der Waals surface area contributed by atoms with E-state index in [4.69, 9.17) is 15.2 Å². The van der Waals surface area contributed by atoms with Gasteiger partial charge in [0.2, 0.25) is 0 Å². The SMILES string of the molecule is CCCCOCCOC(=O)[C@@H](N)C(C)C. The summed E-state index contributed by atoms with van der Waals surface area (Å²) in [6.07, 6.45) is 2.15. The van der Waals surface area contributed by atoms with Crippen molar-refractivity contribution in [1.82, 2.24) is 0 Å². The molecule has 15 heavy (non-hydrogen) atoms. The first-order chi connectivity index (χ1) is 7.09. The summed E-state index contributed by atoms with van der Waals surface area (Å²) in [5, 5.41) is 0. The zero-order valence-electron chi connectivity index (χ0n) is 9.99. The molecule has 0 fully saturated rings. The van der Waals surface area contributed by atoms with E-state index in [0.29, 0.717) is 13.2 Å². The molecule has 0 amide bonds. The molecule has 0 saturated carbocycles. The van der Waals surface area contributed by atoms with Crippen LogP contribution in [-0.2, 0) is 14.3 Å². The fourth-order valence-corrected chi connectivity index (χ4v) is 0.918. The molecular formula is C11H23NO3. The normalized spacial score (nSPS) is 12.9. The predicted octanol–water partition coefficient (Wildman–Crippen LogP) is 1.33. The predicted molar refractivity (Wildman–Crippen MR) is 59.5 cm³/mol. The molecule has 0 aliphatic rings. The maximum atomic E-state index is 11.3. The molecule has 0 aromatic heterocycles. The van der Waals surface area contributed by atoms with E-state index in [9.17, 15) is 4.79 Å². The van der Waals surface area contributed by atoms with Gasteiger partial charge in [0.25, 0.3) is 0 Å². The van der Waals surface area contributed by atoms with Crippen LogP contribution in [0.5, 0.6) is 0 Å². The quantitative estimate of drug-likeness (QED) is 0.492. The Morgan fingerprint density at radius 2 is 1.93 bits per heavy atom. The Labute approximate surface area is 92.1 Å². The minimum atomic E-state index is -0.527. The van der Waals surface area contributed by atoms with Gasteiger partial charge in [-0.05, 0) is 12.3 Å². The monoisotopic (exact) mass is 217 g/mol. The largest absolute Gasteiger partial charge is 0.462 e. The number of esters is 1. The highest BCUT2D eigenvalue weighted by atomic mass is 16.6. The molecule has 0 unspecified atom stereocenters. The standard InChI is InChI=1S/C11H23NO3/c1-4-5-6-14-7-8-15-11(13)10(12)9(2)3/h9-10H,4-8,12H2,1-3H3/t10-/m0/s1. The van der Waals surface area contributed by atoms with Crippen molar-refractivity contribution in [3.63, 3.8) is 0 Å². The summed E-state index contributed by atoms with van der Waals surface area (Å²) in [5.41, 5.74) is 5.61. The topological polar surface area (TPSA) is 61.5 Å². The van der Waals surface area contributed by atoms with Crippen molar-refractivity contribution in [3.8, 4) is 0 Å². The van der Waals surface area contributed by atoms with Crippen LogP contribution in [0.4, 0.5) is 0 Å². The minimum absolute atomic E-state index is 0.110. The molecule has 0 aromatic carbocycles. The Bertz CT molecular complexity index is 171. The number of carbonyl (C=O) groups is 1. The molecule has 0 radical (unpaired) electrons. The number of nitrogens with two attached hydrogens (primary N) is 1. The van der Waals surface area contributed by atoms with Crippen LogP contribution in [0.3, 0.4) is 0 Å². The second kappa shape index (κ2) is 8.68. The van der Waals surface area contributed by atoms with Gasteiger partial charge in [-0.25, -0.2) is 0 Å². The van der Waals surface area contributed by atoms with Gasteiger partial charge in [-0.3, -0.25) is 4.79 Å². The molecule has 0 heterocycles. The molecule has 2 N–H and O–H groups in total. The Morgan fingerprint density at radius 1 is 1.27 bits per heavy atom. The molecule has 0 aromatic rings. The Morgan fingerprint density at radius 3 is 2.47 bits per heavy atom. The molecular weight excluding hydrogens is 194 g/mol. The fraction of sp³-hybridized carbons (Fsp3) is 0.909. The van der Waals surface area contributed by atoms with Gasteiger partial charge in [0.05, 0.1) is 6.61 Å². The van der Waals surface area contributed by atoms with Gasteiger partial charge in [0, 0.05) is 6.61 Å². The second-order valence-corrected chi connectivity index (χ2v) is 3.90. The lowest BCUT2D eigenvalue weighted by molar-refractivity contribution is -0.147. The van der Waals surface area contributed by atoms with Gasteiger partial charge < -0.3 is 15.2 Å². The minimum Gasteiger partial charge on any atom is -0.462 e. The highest BCUT2D eigenvalue weighted by Gasteiger charge is 2.18. The van der Waals surface area contributed by atoms with E-state index in [1.807, 2.05) is 13.8 Å². The highest BCUT2D eigenvalue weighted by molar-refractivity contribution is 5.75. The lowest BCUT2D eigenvalue weighted by atomic mass is 10.1. The number of hydrogen-bond acceptors (Lipinski definition) is 4. The summed E-state index contributed by atoms with van der Waals surface area (Å²) in [6.45, 7) is 7.36. The number of unbranched alkanes of at least 4 members (excludes halogenated alkanes) is 1. The van der Waals surface area contributed by atoms with Crippen molar-refractivity contribution < 1.29 is 14.3 Å². The highest BCUT2D eigenvalue weighted by Crippen LogP contribution is 2.00. The molecule has 90 valence electrons. The molecule has 0 spiro atoms. The van der Waals surface area contributed by atoms with Crippen LogP contribution < -0.4 is 5.73 Å². The molecule has 4 nitrogen and oxygen atoms in total.